The first-order valence-electron chi connectivity index (χ1n) is 13.2. The summed E-state index contributed by atoms with van der Waals surface area (Å²) < 4.78 is 41.2. The first-order chi connectivity index (χ1) is 19.7. The lowest BCUT2D eigenvalue weighted by Crippen LogP contribution is -2.46. The van der Waals surface area contributed by atoms with E-state index >= 15 is 0 Å². The van der Waals surface area contributed by atoms with Crippen LogP contribution in [0.4, 0.5) is 17.3 Å². The summed E-state index contributed by atoms with van der Waals surface area (Å²) in [6.45, 7) is 6.22. The van der Waals surface area contributed by atoms with Gasteiger partial charge in [-0.3, -0.25) is 0 Å². The van der Waals surface area contributed by atoms with E-state index in [0.29, 0.717) is 0 Å². The molecule has 4 aromatic carbocycles. The largest absolute Gasteiger partial charge is 0.673 e. The monoisotopic (exact) mass is 555 g/mol. The van der Waals surface area contributed by atoms with Crippen molar-refractivity contribution in [2.75, 3.05) is 0 Å². The van der Waals surface area contributed by atoms with Gasteiger partial charge in [0.25, 0.3) is 0 Å². The highest BCUT2D eigenvalue weighted by molar-refractivity contribution is 6.50. The highest BCUT2D eigenvalue weighted by Crippen LogP contribution is 2.34. The number of hydrogen-bond acceptors (Lipinski definition) is 1. The van der Waals surface area contributed by atoms with Crippen molar-refractivity contribution in [3.05, 3.63) is 151 Å². The quantitative estimate of drug-likeness (QED) is 0.0922. The van der Waals surface area contributed by atoms with E-state index < -0.39 is 13.4 Å². The summed E-state index contributed by atoms with van der Waals surface area (Å²) in [4.78, 5) is 0. The maximum Gasteiger partial charge on any atom is 0.673 e. The fourth-order valence-electron chi connectivity index (χ4n) is 4.86. The number of benzene rings is 4. The minimum absolute atomic E-state index is 0.388. The summed E-state index contributed by atoms with van der Waals surface area (Å²) in [7, 11) is -6.00. The van der Waals surface area contributed by atoms with Crippen molar-refractivity contribution in [2.24, 2.45) is 0 Å². The van der Waals surface area contributed by atoms with Crippen molar-refractivity contribution in [3.63, 3.8) is 0 Å². The zero-order valence-electron chi connectivity index (χ0n) is 22.5. The smallest absolute Gasteiger partial charge is 0.418 e. The molecule has 0 bridgehead atoms. The molecule has 2 nitrogen and oxygen atoms in total. The Morgan fingerprint density at radius 3 is 1.44 bits per heavy atom. The van der Waals surface area contributed by atoms with Gasteiger partial charge in [-0.25, -0.2) is 0 Å². The van der Waals surface area contributed by atoms with Crippen LogP contribution in [0.15, 0.2) is 140 Å². The van der Waals surface area contributed by atoms with E-state index in [0.717, 1.165) is 44.8 Å². The van der Waals surface area contributed by atoms with Gasteiger partial charge in [-0.05, 0) is 59.5 Å². The van der Waals surface area contributed by atoms with E-state index in [-0.39, 0.29) is 6.04 Å². The Morgan fingerprint density at radius 1 is 0.634 bits per heavy atom. The van der Waals surface area contributed by atoms with Gasteiger partial charge in [0.15, 0.2) is 0 Å². The summed E-state index contributed by atoms with van der Waals surface area (Å²) >= 11 is 0. The van der Waals surface area contributed by atoms with Crippen LogP contribution in [0.5, 0.6) is 0 Å². The van der Waals surface area contributed by atoms with E-state index in [1.54, 1.807) is 0 Å². The average molecular weight is 555 g/mol. The third-order valence-electron chi connectivity index (χ3n) is 6.72. The van der Waals surface area contributed by atoms with Gasteiger partial charge in [0.1, 0.15) is 6.10 Å². The number of aromatic nitrogens is 1. The zero-order chi connectivity index (χ0) is 29.4. The highest BCUT2D eigenvalue weighted by atomic mass is 19.5. The van der Waals surface area contributed by atoms with Gasteiger partial charge in [-0.2, -0.15) is 4.57 Å². The Balaban J connectivity index is 0.000000714. The summed E-state index contributed by atoms with van der Waals surface area (Å²) in [6, 6.07) is 43.3. The number of pyridine rings is 1. The molecule has 0 aliphatic carbocycles. The molecule has 1 heterocycles. The van der Waals surface area contributed by atoms with Crippen LogP contribution < -0.4 is 4.57 Å². The highest BCUT2D eigenvalue weighted by Gasteiger charge is 2.34. The van der Waals surface area contributed by atoms with Gasteiger partial charge >= 0.3 is 7.25 Å². The molecule has 0 spiro atoms. The third-order valence-corrected chi connectivity index (χ3v) is 6.72. The van der Waals surface area contributed by atoms with Gasteiger partial charge in [-0.1, -0.05) is 97.6 Å². The van der Waals surface area contributed by atoms with Gasteiger partial charge in [0.05, 0.1) is 0 Å². The first-order valence-corrected chi connectivity index (χ1v) is 13.2. The zero-order valence-corrected chi connectivity index (χ0v) is 22.5. The van der Waals surface area contributed by atoms with E-state index in [2.05, 4.69) is 96.1 Å². The molecule has 208 valence electrons. The molecule has 1 aromatic heterocycles. The SMILES string of the molecule is C=CC(C(O)c1ccccc1C)[n+]1c(-c2ccccc2)cc(-c2ccccc2)cc1-c1ccccc1.F[B-](F)(F)F. The van der Waals surface area contributed by atoms with Crippen molar-refractivity contribution < 1.29 is 26.9 Å². The van der Waals surface area contributed by atoms with Crippen LogP contribution in [0.1, 0.15) is 23.3 Å². The molecule has 0 saturated carbocycles. The van der Waals surface area contributed by atoms with Crippen molar-refractivity contribution in [2.45, 2.75) is 19.1 Å². The van der Waals surface area contributed by atoms with E-state index in [4.69, 9.17) is 0 Å². The Kier molecular flexibility index (Phi) is 9.53. The number of rotatable bonds is 7. The average Bonchev–Trinajstić information content (AvgIpc) is 2.98. The molecule has 0 amide bonds. The Bertz CT molecular complexity index is 1510. The predicted molar refractivity (Wildman–Crippen MR) is 159 cm³/mol. The molecule has 5 rings (SSSR count). The first kappa shape index (κ1) is 29.5. The van der Waals surface area contributed by atoms with Gasteiger partial charge in [-0.15, -0.1) is 0 Å². The number of nitrogens with zero attached hydrogens (tertiary/aromatic N) is 1. The second kappa shape index (κ2) is 13.2. The van der Waals surface area contributed by atoms with Gasteiger partial charge in [0.2, 0.25) is 17.4 Å². The second-order valence-corrected chi connectivity index (χ2v) is 9.51. The van der Waals surface area contributed by atoms with Crippen molar-refractivity contribution in [1.82, 2.24) is 0 Å². The maximum absolute atomic E-state index is 11.8. The van der Waals surface area contributed by atoms with Crippen molar-refractivity contribution >= 4 is 7.25 Å². The Hall–Kier alpha value is -4.49. The van der Waals surface area contributed by atoms with E-state index in [1.807, 2.05) is 55.5 Å². The van der Waals surface area contributed by atoms with Gasteiger partial charge < -0.3 is 22.4 Å². The molecular weight excluding hydrogens is 525 g/mol. The molecular formula is C34H30BF4NO. The normalized spacial score (nSPS) is 12.5. The molecule has 2 atom stereocenters. The van der Waals surface area contributed by atoms with Crippen LogP contribution in [-0.2, 0) is 0 Å². The predicted octanol–water partition coefficient (Wildman–Crippen LogP) is 9.04. The molecule has 7 heteroatoms. The molecule has 0 aliphatic heterocycles. The van der Waals surface area contributed by atoms with Crippen LogP contribution in [0.25, 0.3) is 33.6 Å². The summed E-state index contributed by atoms with van der Waals surface area (Å²) in [5.74, 6) is 0. The number of aryl methyl sites for hydroxylation is 1. The second-order valence-electron chi connectivity index (χ2n) is 9.51. The third kappa shape index (κ3) is 7.59. The molecule has 2 unspecified atom stereocenters. The minimum atomic E-state index is -6.00. The number of aliphatic hydroxyl groups is 1. The molecule has 0 fully saturated rings. The lowest BCUT2D eigenvalue weighted by molar-refractivity contribution is -0.700. The van der Waals surface area contributed by atoms with Crippen LogP contribution in [0, 0.1) is 6.92 Å². The fraction of sp³-hybridized carbons (Fsp3) is 0.0882. The number of aliphatic hydroxyl groups excluding tert-OH is 1. The lowest BCUT2D eigenvalue weighted by atomic mass is 9.94. The maximum atomic E-state index is 11.8. The standard InChI is InChI=1S/C34H30NO.BF4/c1-3-31(34(36)30-22-14-13-15-25(30)2)35-32(27-18-9-5-10-19-27)23-29(26-16-7-4-8-17-26)24-33(35)28-20-11-6-12-21-28;2-1(3,4)5/h3-24,31,34,36H,1H2,2H3;/q+1;-1. The minimum Gasteiger partial charge on any atom is -0.418 e. The molecule has 0 radical (unpaired) electrons. The van der Waals surface area contributed by atoms with Crippen molar-refractivity contribution in [1.29, 1.82) is 0 Å². The van der Waals surface area contributed by atoms with E-state index in [1.165, 1.54) is 0 Å². The molecule has 5 aromatic rings. The number of halogens is 4. The molecule has 1 N–H and O–H groups in total. The van der Waals surface area contributed by atoms with Crippen LogP contribution in [0.2, 0.25) is 0 Å². The van der Waals surface area contributed by atoms with E-state index in [9.17, 15) is 22.4 Å². The fourth-order valence-corrected chi connectivity index (χ4v) is 4.86. The van der Waals surface area contributed by atoms with Crippen LogP contribution in [-0.4, -0.2) is 12.4 Å². The van der Waals surface area contributed by atoms with Crippen molar-refractivity contribution in [3.8, 4) is 33.6 Å². The summed E-state index contributed by atoms with van der Waals surface area (Å²) in [6.07, 6.45) is 1.10. The summed E-state index contributed by atoms with van der Waals surface area (Å²) in [5, 5.41) is 11.8. The molecule has 41 heavy (non-hydrogen) atoms. The topological polar surface area (TPSA) is 24.1 Å². The molecule has 0 aliphatic rings. The van der Waals surface area contributed by atoms with Gasteiger partial charge in [0, 0.05) is 23.3 Å². The van der Waals surface area contributed by atoms with Crippen LogP contribution in [0.3, 0.4) is 0 Å². The molecule has 0 saturated heterocycles. The lowest BCUT2D eigenvalue weighted by Gasteiger charge is -2.22. The number of hydrogen-bond donors (Lipinski definition) is 1. The Labute approximate surface area is 238 Å². The van der Waals surface area contributed by atoms with Crippen LogP contribution >= 0.6 is 0 Å². The summed E-state index contributed by atoms with van der Waals surface area (Å²) in [5.41, 5.74) is 8.43. The Morgan fingerprint density at radius 2 is 1.02 bits per heavy atom.